The molecule has 0 aromatic carbocycles. The zero-order valence-corrected chi connectivity index (χ0v) is 9.97. The largest absolute Gasteiger partial charge is 0.481 e. The molecule has 4 heteroatoms. The zero-order chi connectivity index (χ0) is 12.3. The smallest absolute Gasteiger partial charge is 0.310 e. The second-order valence-corrected chi connectivity index (χ2v) is 4.73. The average molecular weight is 225 g/mol. The van der Waals surface area contributed by atoms with Crippen LogP contribution < -0.4 is 0 Å². The number of carboxylic acids is 1. The first kappa shape index (κ1) is 12.8. The van der Waals surface area contributed by atoms with Crippen LogP contribution in [-0.2, 0) is 11.3 Å². The summed E-state index contributed by atoms with van der Waals surface area (Å²) in [6.07, 6.45) is 3.80. The van der Waals surface area contributed by atoms with Gasteiger partial charge in [0.2, 0.25) is 0 Å². The third-order valence-electron chi connectivity index (χ3n) is 2.70. The molecule has 1 unspecified atom stereocenters. The summed E-state index contributed by atoms with van der Waals surface area (Å²) in [6, 6.07) is 1.83. The van der Waals surface area contributed by atoms with Gasteiger partial charge in [-0.15, -0.1) is 0 Å². The highest BCUT2D eigenvalue weighted by atomic mass is 16.4. The number of hydrogen-bond acceptors (Lipinski definition) is 2. The van der Waals surface area contributed by atoms with Crippen LogP contribution in [0.5, 0.6) is 0 Å². The summed E-state index contributed by atoms with van der Waals surface area (Å²) in [5, 5.41) is 18.6. The second kappa shape index (κ2) is 4.70. The lowest BCUT2D eigenvalue weighted by Gasteiger charge is -2.19. The fourth-order valence-corrected chi connectivity index (χ4v) is 1.51. The van der Waals surface area contributed by atoms with Gasteiger partial charge in [0.25, 0.3) is 0 Å². The van der Waals surface area contributed by atoms with Crippen LogP contribution in [0, 0.1) is 5.41 Å². The molecule has 1 heterocycles. The Morgan fingerprint density at radius 2 is 2.19 bits per heavy atom. The van der Waals surface area contributed by atoms with E-state index in [2.05, 4.69) is 0 Å². The molecule has 0 spiro atoms. The number of aliphatic carboxylic acids is 1. The van der Waals surface area contributed by atoms with E-state index in [4.69, 9.17) is 5.11 Å². The number of aromatic nitrogens is 1. The van der Waals surface area contributed by atoms with Crippen molar-refractivity contribution >= 4 is 5.97 Å². The van der Waals surface area contributed by atoms with Crippen molar-refractivity contribution in [2.75, 3.05) is 0 Å². The van der Waals surface area contributed by atoms with Gasteiger partial charge in [0.05, 0.1) is 11.5 Å². The predicted octanol–water partition coefficient (Wildman–Crippen LogP) is 2.04. The molecule has 0 amide bonds. The maximum Gasteiger partial charge on any atom is 0.310 e. The highest BCUT2D eigenvalue weighted by molar-refractivity contribution is 5.73. The Kier molecular flexibility index (Phi) is 3.75. The molecule has 0 radical (unpaired) electrons. The van der Waals surface area contributed by atoms with Crippen molar-refractivity contribution in [3.8, 4) is 0 Å². The highest BCUT2D eigenvalue weighted by Crippen LogP contribution is 2.21. The van der Waals surface area contributed by atoms with Gasteiger partial charge in [-0.1, -0.05) is 6.92 Å². The van der Waals surface area contributed by atoms with Gasteiger partial charge in [-0.2, -0.15) is 0 Å². The maximum atomic E-state index is 11.0. The first-order valence-corrected chi connectivity index (χ1v) is 5.44. The average Bonchev–Trinajstić information content (AvgIpc) is 2.64. The van der Waals surface area contributed by atoms with Gasteiger partial charge in [-0.25, -0.2) is 0 Å². The van der Waals surface area contributed by atoms with Crippen LogP contribution in [0.2, 0.25) is 0 Å². The van der Waals surface area contributed by atoms with E-state index in [1.54, 1.807) is 26.2 Å². The standard InChI is InChI=1S/C12H19NO3/c1-4-10(14)9-5-6-13(7-9)8-12(2,3)11(15)16/h5-7,10,14H,4,8H2,1-3H3,(H,15,16). The van der Waals surface area contributed by atoms with Crippen LogP contribution in [0.3, 0.4) is 0 Å². The quantitative estimate of drug-likeness (QED) is 0.806. The summed E-state index contributed by atoms with van der Waals surface area (Å²) in [4.78, 5) is 11.0. The summed E-state index contributed by atoms with van der Waals surface area (Å²) in [5.74, 6) is -0.821. The molecule has 16 heavy (non-hydrogen) atoms. The number of carboxylic acid groups (broad SMARTS) is 1. The minimum Gasteiger partial charge on any atom is -0.481 e. The topological polar surface area (TPSA) is 62.5 Å². The minimum atomic E-state index is -0.821. The molecule has 1 rings (SSSR count). The van der Waals surface area contributed by atoms with Crippen LogP contribution in [-0.4, -0.2) is 20.7 Å². The summed E-state index contributed by atoms with van der Waals surface area (Å²) in [5.41, 5.74) is 0.0386. The van der Waals surface area contributed by atoms with Gasteiger partial charge in [-0.05, 0) is 31.9 Å². The molecule has 0 bridgehead atoms. The maximum absolute atomic E-state index is 11.0. The molecule has 0 fully saturated rings. The van der Waals surface area contributed by atoms with Gasteiger partial charge < -0.3 is 14.8 Å². The van der Waals surface area contributed by atoms with Crippen LogP contribution in [0.15, 0.2) is 18.5 Å². The fraction of sp³-hybridized carbons (Fsp3) is 0.583. The van der Waals surface area contributed by atoms with Crippen LogP contribution >= 0.6 is 0 Å². The molecule has 2 N–H and O–H groups in total. The van der Waals surface area contributed by atoms with E-state index in [0.29, 0.717) is 13.0 Å². The van der Waals surface area contributed by atoms with Gasteiger partial charge in [0, 0.05) is 18.9 Å². The molecule has 1 atom stereocenters. The number of nitrogens with zero attached hydrogens (tertiary/aromatic N) is 1. The second-order valence-electron chi connectivity index (χ2n) is 4.73. The molecule has 0 aliphatic heterocycles. The lowest BCUT2D eigenvalue weighted by atomic mass is 9.94. The number of carbonyl (C=O) groups is 1. The molecule has 0 aliphatic carbocycles. The van der Waals surface area contributed by atoms with Crippen molar-refractivity contribution in [3.63, 3.8) is 0 Å². The molecular weight excluding hydrogens is 206 g/mol. The molecule has 4 nitrogen and oxygen atoms in total. The predicted molar refractivity (Wildman–Crippen MR) is 61.1 cm³/mol. The Hall–Kier alpha value is -1.29. The van der Waals surface area contributed by atoms with Crippen LogP contribution in [0.25, 0.3) is 0 Å². The third-order valence-corrected chi connectivity index (χ3v) is 2.70. The number of rotatable bonds is 5. The molecule has 0 saturated heterocycles. The van der Waals surface area contributed by atoms with Crippen molar-refractivity contribution in [3.05, 3.63) is 24.0 Å². The van der Waals surface area contributed by atoms with E-state index >= 15 is 0 Å². The van der Waals surface area contributed by atoms with Crippen molar-refractivity contribution in [2.45, 2.75) is 39.8 Å². The summed E-state index contributed by atoms with van der Waals surface area (Å²) in [6.45, 7) is 5.68. The van der Waals surface area contributed by atoms with Crippen molar-refractivity contribution < 1.29 is 15.0 Å². The molecule has 0 saturated carbocycles. The monoisotopic (exact) mass is 225 g/mol. The Bertz CT molecular complexity index is 368. The van der Waals surface area contributed by atoms with Gasteiger partial charge in [0.15, 0.2) is 0 Å². The van der Waals surface area contributed by atoms with Gasteiger partial charge >= 0.3 is 5.97 Å². The van der Waals surface area contributed by atoms with Crippen molar-refractivity contribution in [2.24, 2.45) is 5.41 Å². The summed E-state index contributed by atoms with van der Waals surface area (Å²) < 4.78 is 1.81. The van der Waals surface area contributed by atoms with E-state index in [0.717, 1.165) is 5.56 Å². The van der Waals surface area contributed by atoms with Gasteiger partial charge in [0.1, 0.15) is 0 Å². The van der Waals surface area contributed by atoms with Crippen molar-refractivity contribution in [1.29, 1.82) is 0 Å². The molecule has 1 aromatic rings. The van der Waals surface area contributed by atoms with Crippen LogP contribution in [0.1, 0.15) is 38.9 Å². The summed E-state index contributed by atoms with van der Waals surface area (Å²) in [7, 11) is 0. The van der Waals surface area contributed by atoms with Gasteiger partial charge in [-0.3, -0.25) is 4.79 Å². The first-order valence-electron chi connectivity index (χ1n) is 5.44. The molecule has 0 aliphatic rings. The van der Waals surface area contributed by atoms with Crippen LogP contribution in [0.4, 0.5) is 0 Å². The molecule has 90 valence electrons. The van der Waals surface area contributed by atoms with E-state index in [1.165, 1.54) is 0 Å². The molecule has 1 aromatic heterocycles. The highest BCUT2D eigenvalue weighted by Gasteiger charge is 2.27. The van der Waals surface area contributed by atoms with E-state index in [-0.39, 0.29) is 0 Å². The lowest BCUT2D eigenvalue weighted by Crippen LogP contribution is -2.28. The van der Waals surface area contributed by atoms with E-state index < -0.39 is 17.5 Å². The summed E-state index contributed by atoms with van der Waals surface area (Å²) >= 11 is 0. The number of hydrogen-bond donors (Lipinski definition) is 2. The number of aliphatic hydroxyl groups excluding tert-OH is 1. The normalized spacial score (nSPS) is 13.8. The minimum absolute atomic E-state index is 0.402. The van der Waals surface area contributed by atoms with E-state index in [9.17, 15) is 9.90 Å². The zero-order valence-electron chi connectivity index (χ0n) is 9.97. The van der Waals surface area contributed by atoms with E-state index in [1.807, 2.05) is 17.6 Å². The fourth-order valence-electron chi connectivity index (χ4n) is 1.51. The first-order chi connectivity index (χ1) is 7.36. The SMILES string of the molecule is CCC(O)c1ccn(CC(C)(C)C(=O)O)c1. The van der Waals surface area contributed by atoms with Crippen molar-refractivity contribution in [1.82, 2.24) is 4.57 Å². The molecular formula is C12H19NO3. The lowest BCUT2D eigenvalue weighted by molar-refractivity contribution is -0.147. The Morgan fingerprint density at radius 1 is 1.56 bits per heavy atom. The Balaban J connectivity index is 2.76. The Morgan fingerprint density at radius 3 is 2.69 bits per heavy atom. The third kappa shape index (κ3) is 2.85. The number of aliphatic hydroxyl groups is 1. The Labute approximate surface area is 95.5 Å².